The number of rotatable bonds is 6. The summed E-state index contributed by atoms with van der Waals surface area (Å²) in [6.45, 7) is 2.09. The molecular formula is C17H14N4O4S. The zero-order valence-corrected chi connectivity index (χ0v) is 14.5. The molecule has 1 N–H and O–H groups in total. The molecule has 0 atom stereocenters. The van der Waals surface area contributed by atoms with Crippen molar-refractivity contribution in [3.8, 4) is 10.6 Å². The number of hydrogen-bond acceptors (Lipinski definition) is 7. The predicted molar refractivity (Wildman–Crippen MR) is 97.4 cm³/mol. The fourth-order valence-electron chi connectivity index (χ4n) is 2.12. The maximum absolute atomic E-state index is 12.1. The van der Waals surface area contributed by atoms with Gasteiger partial charge in [0.25, 0.3) is 5.91 Å². The van der Waals surface area contributed by atoms with E-state index in [9.17, 15) is 14.9 Å². The largest absolute Gasteiger partial charge is 0.433 e. The molecule has 26 heavy (non-hydrogen) atoms. The summed E-state index contributed by atoms with van der Waals surface area (Å²) in [5.74, 6) is -0.710. The molecule has 1 aromatic carbocycles. The fraction of sp³-hybridized carbons (Fsp3) is 0.118. The molecule has 0 bridgehead atoms. The lowest BCUT2D eigenvalue weighted by Gasteiger charge is -1.99. The summed E-state index contributed by atoms with van der Waals surface area (Å²) in [6, 6.07) is 10.6. The Bertz CT molecular complexity index is 959. The molecule has 0 aliphatic carbocycles. The number of hydrogen-bond donors (Lipinski definition) is 1. The molecule has 132 valence electrons. The van der Waals surface area contributed by atoms with Gasteiger partial charge >= 0.3 is 5.88 Å². The average molecular weight is 370 g/mol. The Labute approximate surface area is 152 Å². The van der Waals surface area contributed by atoms with Gasteiger partial charge < -0.3 is 4.42 Å². The van der Waals surface area contributed by atoms with Crippen LogP contribution in [-0.2, 0) is 6.42 Å². The van der Waals surface area contributed by atoms with Gasteiger partial charge in [-0.05, 0) is 18.1 Å². The summed E-state index contributed by atoms with van der Waals surface area (Å²) < 4.78 is 4.90. The minimum absolute atomic E-state index is 0.159. The molecule has 0 aliphatic rings. The first kappa shape index (κ1) is 17.5. The van der Waals surface area contributed by atoms with Crippen LogP contribution in [0.4, 0.5) is 5.88 Å². The number of furan rings is 1. The summed E-state index contributed by atoms with van der Waals surface area (Å²) in [7, 11) is 0. The molecule has 8 nitrogen and oxygen atoms in total. The van der Waals surface area contributed by atoms with Crippen LogP contribution in [0.2, 0.25) is 0 Å². The van der Waals surface area contributed by atoms with Crippen LogP contribution in [0.5, 0.6) is 0 Å². The van der Waals surface area contributed by atoms with E-state index >= 15 is 0 Å². The first-order valence-electron chi connectivity index (χ1n) is 7.69. The number of benzene rings is 1. The Morgan fingerprint density at radius 3 is 2.77 bits per heavy atom. The average Bonchev–Trinajstić information content (AvgIpc) is 3.31. The predicted octanol–water partition coefficient (Wildman–Crippen LogP) is 3.64. The molecule has 0 spiro atoms. The van der Waals surface area contributed by atoms with Crippen molar-refractivity contribution in [1.82, 2.24) is 10.4 Å². The second-order valence-corrected chi connectivity index (χ2v) is 6.08. The number of thiazole rings is 1. The van der Waals surface area contributed by atoms with Gasteiger partial charge in [-0.3, -0.25) is 14.9 Å². The van der Waals surface area contributed by atoms with Crippen LogP contribution in [0, 0.1) is 10.1 Å². The molecule has 0 fully saturated rings. The van der Waals surface area contributed by atoms with Crippen LogP contribution in [-0.4, -0.2) is 22.0 Å². The van der Waals surface area contributed by atoms with Crippen LogP contribution in [0.25, 0.3) is 10.6 Å². The third kappa shape index (κ3) is 4.01. The van der Waals surface area contributed by atoms with E-state index in [0.29, 0.717) is 0 Å². The van der Waals surface area contributed by atoms with Crippen molar-refractivity contribution < 1.29 is 14.1 Å². The summed E-state index contributed by atoms with van der Waals surface area (Å²) in [5.41, 5.74) is 4.73. The standard InChI is InChI=1S/C17H14N4O4S/c1-2-11-3-5-12(6-4-11)17-19-14(10-26-17)16(22)20-18-9-13-7-8-15(25-13)21(23)24/h3-10H,2H2,1H3,(H,20,22)/b18-9-. The van der Waals surface area contributed by atoms with Crippen LogP contribution >= 0.6 is 11.3 Å². The summed E-state index contributed by atoms with van der Waals surface area (Å²) in [6.07, 6.45) is 2.14. The molecule has 0 saturated heterocycles. The van der Waals surface area contributed by atoms with Gasteiger partial charge in [-0.25, -0.2) is 10.4 Å². The van der Waals surface area contributed by atoms with E-state index < -0.39 is 16.7 Å². The minimum atomic E-state index is -0.653. The van der Waals surface area contributed by atoms with Crippen molar-refractivity contribution in [3.05, 3.63) is 68.9 Å². The number of amides is 1. The second kappa shape index (κ2) is 7.70. The Hall–Kier alpha value is -3.33. The third-order valence-electron chi connectivity index (χ3n) is 3.50. The van der Waals surface area contributed by atoms with Gasteiger partial charge in [-0.1, -0.05) is 31.2 Å². The van der Waals surface area contributed by atoms with Gasteiger partial charge in [0, 0.05) is 10.9 Å². The maximum atomic E-state index is 12.1. The molecule has 3 aromatic rings. The number of nitrogens with one attached hydrogen (secondary N) is 1. The van der Waals surface area contributed by atoms with E-state index in [4.69, 9.17) is 4.42 Å². The van der Waals surface area contributed by atoms with Crippen molar-refractivity contribution in [2.45, 2.75) is 13.3 Å². The Kier molecular flexibility index (Phi) is 5.18. The Morgan fingerprint density at radius 1 is 1.35 bits per heavy atom. The minimum Gasteiger partial charge on any atom is -0.400 e. The number of carbonyl (C=O) groups is 1. The van der Waals surface area contributed by atoms with Crippen LogP contribution in [0.3, 0.4) is 0 Å². The van der Waals surface area contributed by atoms with Gasteiger partial charge in [0.15, 0.2) is 5.76 Å². The Morgan fingerprint density at radius 2 is 2.12 bits per heavy atom. The molecule has 2 aromatic heterocycles. The SMILES string of the molecule is CCc1ccc(-c2nc(C(=O)N/N=C\c3ccc([N+](=O)[O-])o3)cs2)cc1. The van der Waals surface area contributed by atoms with E-state index in [-0.39, 0.29) is 11.5 Å². The molecule has 0 radical (unpaired) electrons. The molecule has 0 unspecified atom stereocenters. The van der Waals surface area contributed by atoms with Gasteiger partial charge in [0.05, 0.1) is 12.3 Å². The molecule has 9 heteroatoms. The smallest absolute Gasteiger partial charge is 0.400 e. The van der Waals surface area contributed by atoms with E-state index in [1.165, 1.54) is 35.2 Å². The molecule has 2 heterocycles. The normalized spacial score (nSPS) is 11.0. The lowest BCUT2D eigenvalue weighted by atomic mass is 10.1. The maximum Gasteiger partial charge on any atom is 0.433 e. The molecule has 0 saturated carbocycles. The molecule has 0 aliphatic heterocycles. The van der Waals surface area contributed by atoms with E-state index in [1.54, 1.807) is 5.38 Å². The van der Waals surface area contributed by atoms with Crippen LogP contribution < -0.4 is 5.43 Å². The second-order valence-electron chi connectivity index (χ2n) is 5.22. The lowest BCUT2D eigenvalue weighted by molar-refractivity contribution is -0.402. The van der Waals surface area contributed by atoms with Crippen LogP contribution in [0.15, 0.2) is 51.3 Å². The van der Waals surface area contributed by atoms with Gasteiger partial charge in [-0.15, -0.1) is 11.3 Å². The Balaban J connectivity index is 1.63. The first-order valence-corrected chi connectivity index (χ1v) is 8.57. The highest BCUT2D eigenvalue weighted by atomic mass is 32.1. The topological polar surface area (TPSA) is 111 Å². The highest BCUT2D eigenvalue weighted by Crippen LogP contribution is 2.24. The molecule has 3 rings (SSSR count). The zero-order valence-electron chi connectivity index (χ0n) is 13.7. The van der Waals surface area contributed by atoms with Crippen molar-refractivity contribution in [3.63, 3.8) is 0 Å². The number of aryl methyl sites for hydroxylation is 1. The molecular weight excluding hydrogens is 356 g/mol. The summed E-state index contributed by atoms with van der Waals surface area (Å²) >= 11 is 1.36. The third-order valence-corrected chi connectivity index (χ3v) is 4.39. The lowest BCUT2D eigenvalue weighted by Crippen LogP contribution is -2.17. The monoisotopic (exact) mass is 370 g/mol. The summed E-state index contributed by atoms with van der Waals surface area (Å²) in [4.78, 5) is 26.3. The molecule has 1 amide bonds. The van der Waals surface area contributed by atoms with Crippen molar-refractivity contribution in [2.24, 2.45) is 5.10 Å². The number of aromatic nitrogens is 1. The highest BCUT2D eigenvalue weighted by Gasteiger charge is 2.12. The number of hydrazone groups is 1. The first-order chi connectivity index (χ1) is 12.6. The van der Waals surface area contributed by atoms with Crippen molar-refractivity contribution in [1.29, 1.82) is 0 Å². The quantitative estimate of drug-likeness (QED) is 0.404. The zero-order chi connectivity index (χ0) is 18.5. The van der Waals surface area contributed by atoms with E-state index in [2.05, 4.69) is 22.4 Å². The van der Waals surface area contributed by atoms with Gasteiger partial charge in [-0.2, -0.15) is 5.10 Å². The number of carbonyl (C=O) groups excluding carboxylic acids is 1. The van der Waals surface area contributed by atoms with Crippen molar-refractivity contribution >= 4 is 29.3 Å². The van der Waals surface area contributed by atoms with E-state index in [0.717, 1.165) is 17.0 Å². The number of nitrogens with zero attached hydrogens (tertiary/aromatic N) is 3. The van der Waals surface area contributed by atoms with Crippen LogP contribution in [0.1, 0.15) is 28.7 Å². The van der Waals surface area contributed by atoms with E-state index in [1.807, 2.05) is 24.3 Å². The van der Waals surface area contributed by atoms with Gasteiger partial charge in [0.1, 0.15) is 15.6 Å². The number of nitro groups is 1. The van der Waals surface area contributed by atoms with Gasteiger partial charge in [0.2, 0.25) is 0 Å². The fourth-order valence-corrected chi connectivity index (χ4v) is 2.92. The van der Waals surface area contributed by atoms with Crippen molar-refractivity contribution in [2.75, 3.05) is 0 Å². The highest BCUT2D eigenvalue weighted by molar-refractivity contribution is 7.13. The summed E-state index contributed by atoms with van der Waals surface area (Å²) in [5, 5.41) is 16.6.